The highest BCUT2D eigenvalue weighted by Crippen LogP contribution is 2.24. The molecule has 0 atom stereocenters. The van der Waals surface area contributed by atoms with Gasteiger partial charge in [-0.1, -0.05) is 22.5 Å². The van der Waals surface area contributed by atoms with Crippen LogP contribution in [0.25, 0.3) is 5.69 Å². The van der Waals surface area contributed by atoms with Crippen molar-refractivity contribution in [2.75, 3.05) is 14.2 Å². The van der Waals surface area contributed by atoms with Crippen molar-refractivity contribution >= 4 is 17.4 Å². The summed E-state index contributed by atoms with van der Waals surface area (Å²) in [6.07, 6.45) is 0. The molecule has 1 aromatic heterocycles. The zero-order valence-corrected chi connectivity index (χ0v) is 15.7. The highest BCUT2D eigenvalue weighted by molar-refractivity contribution is 6.30. The lowest BCUT2D eigenvalue weighted by molar-refractivity contribution is -0.391. The Morgan fingerprint density at radius 1 is 1.25 bits per heavy atom. The smallest absolute Gasteiger partial charge is 0.438 e. The largest absolute Gasteiger partial charge is 0.497 e. The normalized spacial score (nSPS) is 11.5. The summed E-state index contributed by atoms with van der Waals surface area (Å²) in [7, 11) is 3.02. The number of aromatic nitrogens is 3. The summed E-state index contributed by atoms with van der Waals surface area (Å²) in [5, 5.41) is 26.0. The number of hydrogen-bond donors (Lipinski definition) is 1. The molecule has 0 saturated heterocycles. The van der Waals surface area contributed by atoms with Crippen molar-refractivity contribution in [3.05, 3.63) is 68.7 Å². The first kappa shape index (κ1) is 19.2. The highest BCUT2D eigenvalue weighted by Gasteiger charge is 2.24. The van der Waals surface area contributed by atoms with Crippen LogP contribution < -0.4 is 15.0 Å². The number of nitro groups is 1. The molecule has 0 fully saturated rings. The maximum Gasteiger partial charge on any atom is 0.438 e. The number of ether oxygens (including phenoxy) is 2. The van der Waals surface area contributed by atoms with E-state index < -0.39 is 10.7 Å². The van der Waals surface area contributed by atoms with Gasteiger partial charge in [-0.05, 0) is 46.1 Å². The zero-order chi connectivity index (χ0) is 20.3. The van der Waals surface area contributed by atoms with E-state index in [1.54, 1.807) is 36.4 Å². The van der Waals surface area contributed by atoms with E-state index in [0.717, 1.165) is 4.80 Å². The fourth-order valence-electron chi connectivity index (χ4n) is 2.54. The molecule has 0 aliphatic rings. The van der Waals surface area contributed by atoms with Crippen LogP contribution in [0.4, 0.5) is 5.82 Å². The van der Waals surface area contributed by atoms with Gasteiger partial charge in [-0.25, -0.2) is 0 Å². The van der Waals surface area contributed by atoms with E-state index in [1.807, 2.05) is 0 Å². The predicted molar refractivity (Wildman–Crippen MR) is 99.2 cm³/mol. The van der Waals surface area contributed by atoms with Crippen molar-refractivity contribution in [1.29, 1.82) is 0 Å². The second-order valence-electron chi connectivity index (χ2n) is 5.56. The molecule has 2 aromatic carbocycles. The van der Waals surface area contributed by atoms with Crippen LogP contribution in [0.3, 0.4) is 0 Å². The van der Waals surface area contributed by atoms with Gasteiger partial charge in [0.25, 0.3) is 5.49 Å². The summed E-state index contributed by atoms with van der Waals surface area (Å²) in [6, 6.07) is 11.4. The predicted octanol–water partition coefficient (Wildman–Crippen LogP) is 2.59. The Bertz CT molecular complexity index is 1090. The van der Waals surface area contributed by atoms with E-state index in [4.69, 9.17) is 21.1 Å². The maximum absolute atomic E-state index is 11.4. The van der Waals surface area contributed by atoms with Gasteiger partial charge in [0.2, 0.25) is 0 Å². The van der Waals surface area contributed by atoms with E-state index in [2.05, 4.69) is 10.1 Å². The van der Waals surface area contributed by atoms with E-state index in [1.165, 1.54) is 20.3 Å². The van der Waals surface area contributed by atoms with E-state index in [0.29, 0.717) is 32.6 Å². The molecule has 0 bridgehead atoms. The summed E-state index contributed by atoms with van der Waals surface area (Å²) < 4.78 is 10.5. The van der Waals surface area contributed by atoms with Gasteiger partial charge in [0, 0.05) is 10.6 Å². The Labute approximate surface area is 163 Å². The molecule has 1 heterocycles. The molecule has 146 valence electrons. The second-order valence-corrected chi connectivity index (χ2v) is 5.99. The number of hydrogen-bond acceptors (Lipinski definition) is 7. The molecular formula is C17H16ClN5O5. The van der Waals surface area contributed by atoms with Crippen molar-refractivity contribution in [2.24, 2.45) is 4.99 Å². The van der Waals surface area contributed by atoms with Crippen LogP contribution in [0.5, 0.6) is 11.5 Å². The molecule has 1 N–H and O–H groups in total. The SMILES string of the molecule is COc1ccc(OC)c(CN=c2c([N+](=O)[O-])nn(-c3cccc(Cl)c3)n2O)c1. The lowest BCUT2D eigenvalue weighted by Crippen LogP contribution is -2.22. The molecule has 0 unspecified atom stereocenters. The van der Waals surface area contributed by atoms with Gasteiger partial charge in [-0.2, -0.15) is 0 Å². The van der Waals surface area contributed by atoms with Gasteiger partial charge in [0.15, 0.2) is 0 Å². The van der Waals surface area contributed by atoms with Crippen LogP contribution in [0.1, 0.15) is 5.56 Å². The fourth-order valence-corrected chi connectivity index (χ4v) is 2.73. The Balaban J connectivity index is 2.10. The van der Waals surface area contributed by atoms with Crippen molar-refractivity contribution in [3.63, 3.8) is 0 Å². The van der Waals surface area contributed by atoms with Crippen molar-refractivity contribution in [2.45, 2.75) is 6.54 Å². The van der Waals surface area contributed by atoms with Crippen LogP contribution in [0.2, 0.25) is 5.02 Å². The monoisotopic (exact) mass is 405 g/mol. The van der Waals surface area contributed by atoms with Gasteiger partial charge in [0.05, 0.1) is 25.9 Å². The molecule has 0 spiro atoms. The van der Waals surface area contributed by atoms with E-state index in [-0.39, 0.29) is 12.0 Å². The Morgan fingerprint density at radius 2 is 2.04 bits per heavy atom. The molecule has 11 heteroatoms. The first-order valence-corrected chi connectivity index (χ1v) is 8.35. The average molecular weight is 406 g/mol. The summed E-state index contributed by atoms with van der Waals surface area (Å²) in [6.45, 7) is -0.0109. The van der Waals surface area contributed by atoms with Gasteiger partial charge < -0.3 is 24.8 Å². The van der Waals surface area contributed by atoms with Crippen molar-refractivity contribution < 1.29 is 19.6 Å². The Hall–Kier alpha value is -3.53. The highest BCUT2D eigenvalue weighted by atomic mass is 35.5. The van der Waals surface area contributed by atoms with Gasteiger partial charge in [0.1, 0.15) is 17.2 Å². The first-order valence-electron chi connectivity index (χ1n) is 7.98. The molecule has 0 aliphatic heterocycles. The molecule has 3 rings (SSSR count). The molecule has 0 amide bonds. The summed E-state index contributed by atoms with van der Waals surface area (Å²) in [5.74, 6) is 0.496. The van der Waals surface area contributed by atoms with Crippen molar-refractivity contribution in [3.8, 4) is 17.2 Å². The summed E-state index contributed by atoms with van der Waals surface area (Å²) in [5.41, 5.74) is 0.625. The maximum atomic E-state index is 11.4. The quantitative estimate of drug-likeness (QED) is 0.382. The number of methoxy groups -OCH3 is 2. The van der Waals surface area contributed by atoms with Gasteiger partial charge >= 0.3 is 5.82 Å². The molecule has 0 saturated carbocycles. The second kappa shape index (κ2) is 8.01. The molecular weight excluding hydrogens is 390 g/mol. The van der Waals surface area contributed by atoms with Crippen LogP contribution >= 0.6 is 11.6 Å². The minimum Gasteiger partial charge on any atom is -0.497 e. The van der Waals surface area contributed by atoms with Gasteiger partial charge in [-0.15, -0.1) is 0 Å². The third-order valence-electron chi connectivity index (χ3n) is 3.86. The van der Waals surface area contributed by atoms with E-state index >= 15 is 0 Å². The average Bonchev–Trinajstić information content (AvgIpc) is 3.02. The number of nitrogens with zero attached hydrogens (tertiary/aromatic N) is 5. The number of benzene rings is 2. The van der Waals surface area contributed by atoms with Crippen LogP contribution in [0, 0.1) is 10.1 Å². The zero-order valence-electron chi connectivity index (χ0n) is 14.9. The first-order chi connectivity index (χ1) is 13.4. The van der Waals surface area contributed by atoms with Crippen LogP contribution in [-0.4, -0.2) is 39.1 Å². The lowest BCUT2D eigenvalue weighted by Gasteiger charge is -2.08. The molecule has 3 aromatic rings. The summed E-state index contributed by atoms with van der Waals surface area (Å²) in [4.78, 5) is 16.3. The van der Waals surface area contributed by atoms with E-state index in [9.17, 15) is 15.3 Å². The Morgan fingerprint density at radius 3 is 2.68 bits per heavy atom. The molecule has 28 heavy (non-hydrogen) atoms. The number of halogens is 1. The van der Waals surface area contributed by atoms with Gasteiger partial charge in [-0.3, -0.25) is 4.99 Å². The topological polar surface area (TPSA) is 117 Å². The van der Waals surface area contributed by atoms with Crippen LogP contribution in [0.15, 0.2) is 47.5 Å². The number of rotatable bonds is 6. The molecule has 0 radical (unpaired) electrons. The standard InChI is InChI=1S/C17H16ClN5O5/c1-27-14-6-7-15(28-2)11(8-14)10-19-16-17(23(25)26)20-21(22(16)24)13-5-3-4-12(18)9-13/h3-9,24H,10H2,1-2H3. The Kier molecular flexibility index (Phi) is 5.50. The minimum absolute atomic E-state index is 0.0109. The lowest BCUT2D eigenvalue weighted by atomic mass is 10.2. The molecule has 0 aliphatic carbocycles. The summed E-state index contributed by atoms with van der Waals surface area (Å²) >= 11 is 5.94. The van der Waals surface area contributed by atoms with Crippen molar-refractivity contribution in [1.82, 2.24) is 14.7 Å². The third kappa shape index (κ3) is 3.76. The fraction of sp³-hybridized carbons (Fsp3) is 0.176. The third-order valence-corrected chi connectivity index (χ3v) is 4.09. The van der Waals surface area contributed by atoms with Crippen LogP contribution in [-0.2, 0) is 6.54 Å². The minimum atomic E-state index is -0.727. The molecule has 10 nitrogen and oxygen atoms in total.